The van der Waals surface area contributed by atoms with Crippen LogP contribution < -0.4 is 5.73 Å². The van der Waals surface area contributed by atoms with Crippen LogP contribution in [0.15, 0.2) is 30.5 Å². The van der Waals surface area contributed by atoms with Crippen molar-refractivity contribution in [2.45, 2.75) is 19.6 Å². The van der Waals surface area contributed by atoms with Crippen molar-refractivity contribution in [3.8, 4) is 0 Å². The lowest BCUT2D eigenvalue weighted by atomic mass is 10.1. The van der Waals surface area contributed by atoms with Gasteiger partial charge in [0.1, 0.15) is 0 Å². The van der Waals surface area contributed by atoms with Crippen LogP contribution in [-0.4, -0.2) is 9.55 Å². The van der Waals surface area contributed by atoms with Gasteiger partial charge in [0.25, 0.3) is 0 Å². The lowest BCUT2D eigenvalue weighted by molar-refractivity contribution is -0.137. The van der Waals surface area contributed by atoms with E-state index in [1.54, 1.807) is 17.7 Å². The molecule has 6 heteroatoms. The first-order valence-corrected chi connectivity index (χ1v) is 5.31. The molecule has 1 heterocycles. The largest absolute Gasteiger partial charge is 0.416 e. The number of hydrogen-bond acceptors (Lipinski definition) is 2. The highest BCUT2D eigenvalue weighted by atomic mass is 19.4. The number of nitrogens with two attached hydrogens (primary N) is 1. The number of benzene rings is 1. The van der Waals surface area contributed by atoms with E-state index in [0.717, 1.165) is 23.4 Å². The minimum Gasteiger partial charge on any atom is -0.369 e. The molecule has 0 aliphatic carbocycles. The van der Waals surface area contributed by atoms with E-state index in [1.165, 1.54) is 12.1 Å². The Bertz CT molecular complexity index is 541. The number of rotatable bonds is 2. The van der Waals surface area contributed by atoms with Crippen molar-refractivity contribution >= 4 is 5.95 Å². The normalized spacial score (nSPS) is 11.8. The second-order valence-corrected chi connectivity index (χ2v) is 4.06. The average Bonchev–Trinajstić information content (AvgIpc) is 2.57. The minimum absolute atomic E-state index is 0.354. The summed E-state index contributed by atoms with van der Waals surface area (Å²) in [6, 6.07) is 5.01. The van der Waals surface area contributed by atoms with Gasteiger partial charge in [0.05, 0.1) is 17.8 Å². The molecule has 0 saturated heterocycles. The van der Waals surface area contributed by atoms with Gasteiger partial charge < -0.3 is 10.3 Å². The summed E-state index contributed by atoms with van der Waals surface area (Å²) in [5.74, 6) is 0.354. The van der Waals surface area contributed by atoms with E-state index in [4.69, 9.17) is 5.73 Å². The van der Waals surface area contributed by atoms with E-state index in [2.05, 4.69) is 4.98 Å². The van der Waals surface area contributed by atoms with Gasteiger partial charge in [-0.05, 0) is 24.6 Å². The van der Waals surface area contributed by atoms with Crippen LogP contribution >= 0.6 is 0 Å². The molecule has 2 N–H and O–H groups in total. The van der Waals surface area contributed by atoms with Crippen LogP contribution in [0.1, 0.15) is 16.8 Å². The van der Waals surface area contributed by atoms with Gasteiger partial charge in [-0.2, -0.15) is 13.2 Å². The third kappa shape index (κ3) is 2.64. The van der Waals surface area contributed by atoms with Crippen LogP contribution in [0, 0.1) is 6.92 Å². The van der Waals surface area contributed by atoms with Gasteiger partial charge in [0.2, 0.25) is 5.95 Å². The Hall–Kier alpha value is -1.98. The second kappa shape index (κ2) is 4.36. The molecule has 0 radical (unpaired) electrons. The summed E-state index contributed by atoms with van der Waals surface area (Å²) in [7, 11) is 0. The van der Waals surface area contributed by atoms with Crippen LogP contribution in [0.4, 0.5) is 19.1 Å². The SMILES string of the molecule is Cc1cn(Cc2ccc(C(F)(F)F)cc2)c(N)n1. The standard InChI is InChI=1S/C12H12F3N3/c1-8-6-18(11(16)17-8)7-9-2-4-10(5-3-9)12(13,14)15/h2-6H,7H2,1H3,(H2,16,17). The molecule has 0 aliphatic heterocycles. The van der Waals surface area contributed by atoms with Crippen LogP contribution in [0.2, 0.25) is 0 Å². The Morgan fingerprint density at radius 3 is 2.28 bits per heavy atom. The zero-order valence-electron chi connectivity index (χ0n) is 9.70. The van der Waals surface area contributed by atoms with Crippen LogP contribution in [0.3, 0.4) is 0 Å². The molecule has 0 bridgehead atoms. The minimum atomic E-state index is -4.30. The molecule has 0 saturated carbocycles. The Labute approximate surface area is 102 Å². The molecule has 2 aromatic rings. The average molecular weight is 255 g/mol. The van der Waals surface area contributed by atoms with Gasteiger partial charge in [-0.15, -0.1) is 0 Å². The highest BCUT2D eigenvalue weighted by Gasteiger charge is 2.29. The fraction of sp³-hybridized carbons (Fsp3) is 0.250. The van der Waals surface area contributed by atoms with Crippen molar-refractivity contribution in [2.75, 3.05) is 5.73 Å². The molecule has 0 fully saturated rings. The van der Waals surface area contributed by atoms with Gasteiger partial charge in [-0.1, -0.05) is 12.1 Å². The molecular formula is C12H12F3N3. The lowest BCUT2D eigenvalue weighted by Crippen LogP contribution is -2.06. The van der Waals surface area contributed by atoms with Crippen LogP contribution in [0.5, 0.6) is 0 Å². The molecule has 0 aliphatic rings. The smallest absolute Gasteiger partial charge is 0.369 e. The number of alkyl halides is 3. The lowest BCUT2D eigenvalue weighted by Gasteiger charge is -2.08. The van der Waals surface area contributed by atoms with Crippen LogP contribution in [-0.2, 0) is 12.7 Å². The number of aryl methyl sites for hydroxylation is 1. The van der Waals surface area contributed by atoms with Crippen molar-refractivity contribution < 1.29 is 13.2 Å². The molecule has 3 nitrogen and oxygen atoms in total. The van der Waals surface area contributed by atoms with Crippen LogP contribution in [0.25, 0.3) is 0 Å². The molecule has 2 rings (SSSR count). The zero-order valence-corrected chi connectivity index (χ0v) is 9.70. The number of aromatic nitrogens is 2. The van der Waals surface area contributed by atoms with Gasteiger partial charge >= 0.3 is 6.18 Å². The summed E-state index contributed by atoms with van der Waals surface area (Å²) in [5.41, 5.74) is 6.53. The molecule has 18 heavy (non-hydrogen) atoms. The predicted molar refractivity (Wildman–Crippen MR) is 61.9 cm³/mol. The van der Waals surface area contributed by atoms with E-state index < -0.39 is 11.7 Å². The number of hydrogen-bond donors (Lipinski definition) is 1. The first kappa shape index (κ1) is 12.5. The molecule has 1 aromatic carbocycles. The van der Waals surface area contributed by atoms with Gasteiger partial charge in [0, 0.05) is 6.20 Å². The fourth-order valence-corrected chi connectivity index (χ4v) is 1.69. The van der Waals surface area contributed by atoms with E-state index in [1.807, 2.05) is 0 Å². The Balaban J connectivity index is 2.18. The molecule has 0 atom stereocenters. The molecule has 1 aromatic heterocycles. The monoisotopic (exact) mass is 255 g/mol. The molecule has 0 spiro atoms. The summed E-state index contributed by atoms with van der Waals surface area (Å²) in [4.78, 5) is 4.02. The Morgan fingerprint density at radius 1 is 1.22 bits per heavy atom. The molecule has 0 amide bonds. The summed E-state index contributed by atoms with van der Waals surface area (Å²) in [6.45, 7) is 2.21. The van der Waals surface area contributed by atoms with E-state index >= 15 is 0 Å². The maximum Gasteiger partial charge on any atom is 0.416 e. The highest BCUT2D eigenvalue weighted by molar-refractivity contribution is 5.28. The van der Waals surface area contributed by atoms with Crippen molar-refractivity contribution in [1.29, 1.82) is 0 Å². The third-order valence-electron chi connectivity index (χ3n) is 2.56. The molecule has 0 unspecified atom stereocenters. The Kier molecular flexibility index (Phi) is 3.02. The highest BCUT2D eigenvalue weighted by Crippen LogP contribution is 2.29. The maximum atomic E-state index is 12.4. The van der Waals surface area contributed by atoms with Crippen molar-refractivity contribution in [3.63, 3.8) is 0 Å². The summed E-state index contributed by atoms with van der Waals surface area (Å²) in [5, 5.41) is 0. The number of anilines is 1. The van der Waals surface area contributed by atoms with Crippen molar-refractivity contribution in [1.82, 2.24) is 9.55 Å². The first-order valence-electron chi connectivity index (χ1n) is 5.31. The van der Waals surface area contributed by atoms with Gasteiger partial charge in [0.15, 0.2) is 0 Å². The van der Waals surface area contributed by atoms with E-state index in [-0.39, 0.29) is 0 Å². The third-order valence-corrected chi connectivity index (χ3v) is 2.56. The quantitative estimate of drug-likeness (QED) is 0.896. The topological polar surface area (TPSA) is 43.8 Å². The maximum absolute atomic E-state index is 12.4. The number of nitrogens with zero attached hydrogens (tertiary/aromatic N) is 2. The second-order valence-electron chi connectivity index (χ2n) is 4.06. The zero-order chi connectivity index (χ0) is 13.3. The Morgan fingerprint density at radius 2 is 1.83 bits per heavy atom. The number of nitrogen functional groups attached to an aromatic ring is 1. The number of imidazole rings is 1. The van der Waals surface area contributed by atoms with Crippen molar-refractivity contribution in [2.24, 2.45) is 0 Å². The molecule has 96 valence electrons. The van der Waals surface area contributed by atoms with Crippen molar-refractivity contribution in [3.05, 3.63) is 47.3 Å². The van der Waals surface area contributed by atoms with E-state index in [0.29, 0.717) is 12.5 Å². The van der Waals surface area contributed by atoms with Gasteiger partial charge in [-0.25, -0.2) is 4.98 Å². The van der Waals surface area contributed by atoms with E-state index in [9.17, 15) is 13.2 Å². The summed E-state index contributed by atoms with van der Waals surface area (Å²) < 4.78 is 38.8. The summed E-state index contributed by atoms with van der Waals surface area (Å²) >= 11 is 0. The molecular weight excluding hydrogens is 243 g/mol. The summed E-state index contributed by atoms with van der Waals surface area (Å²) in [6.07, 6.45) is -2.55. The first-order chi connectivity index (χ1) is 8.36. The number of halogens is 3. The predicted octanol–water partition coefficient (Wildman–Crippen LogP) is 2.84. The van der Waals surface area contributed by atoms with Gasteiger partial charge in [-0.3, -0.25) is 0 Å². The fourth-order valence-electron chi connectivity index (χ4n) is 1.69.